The minimum Gasteiger partial charge on any atom is -0.338 e. The van der Waals surface area contributed by atoms with Crippen LogP contribution >= 0.6 is 0 Å². The second-order valence-electron chi connectivity index (χ2n) is 7.11. The molecule has 138 valence electrons. The van der Waals surface area contributed by atoms with E-state index >= 15 is 0 Å². The molecule has 7 heteroatoms. The van der Waals surface area contributed by atoms with Crippen molar-refractivity contribution in [2.24, 2.45) is 11.8 Å². The summed E-state index contributed by atoms with van der Waals surface area (Å²) < 4.78 is 0. The molecule has 0 saturated carbocycles. The molecule has 1 aromatic carbocycles. The molecular weight excluding hydrogens is 346 g/mol. The van der Waals surface area contributed by atoms with Crippen LogP contribution in [-0.2, 0) is 9.59 Å². The van der Waals surface area contributed by atoms with E-state index in [0.29, 0.717) is 18.8 Å². The van der Waals surface area contributed by atoms with Gasteiger partial charge in [0.2, 0.25) is 11.8 Å². The van der Waals surface area contributed by atoms with Crippen molar-refractivity contribution in [3.8, 4) is 11.1 Å². The predicted molar refractivity (Wildman–Crippen MR) is 97.9 cm³/mol. The van der Waals surface area contributed by atoms with E-state index in [9.17, 15) is 19.2 Å². The zero-order valence-electron chi connectivity index (χ0n) is 14.8. The number of carbonyl (C=O) groups excluding carboxylic acids is 3. The third-order valence-electron chi connectivity index (χ3n) is 5.32. The van der Waals surface area contributed by atoms with Crippen LogP contribution < -0.4 is 10.9 Å². The standard InChI is InChI=1S/C20H19N3O4/c1-11-14(12-5-3-2-4-6-12)7-16(19(26)21-11)20(27)23-9-13(10-23)15-8-17(24)22-18(15)25/h2-7,13,15H,8-10H2,1H3,(H,21,26)(H,22,24,25). The third-order valence-corrected chi connectivity index (χ3v) is 5.32. The fraction of sp³-hybridized carbons (Fsp3) is 0.300. The van der Waals surface area contributed by atoms with Crippen molar-refractivity contribution in [2.45, 2.75) is 13.3 Å². The number of nitrogens with one attached hydrogen (secondary N) is 2. The molecular formula is C20H19N3O4. The number of rotatable bonds is 3. The lowest BCUT2D eigenvalue weighted by Gasteiger charge is -2.41. The molecule has 0 bridgehead atoms. The van der Waals surface area contributed by atoms with E-state index in [-0.39, 0.29) is 41.5 Å². The van der Waals surface area contributed by atoms with E-state index in [1.807, 2.05) is 30.3 Å². The SMILES string of the molecule is Cc1[nH]c(=O)c(C(=O)N2CC(C3CC(=O)NC3=O)C2)cc1-c1ccccc1. The predicted octanol–water partition coefficient (Wildman–Crippen LogP) is 1.09. The minimum absolute atomic E-state index is 0.0430. The van der Waals surface area contributed by atoms with Crippen molar-refractivity contribution in [3.05, 3.63) is 58.0 Å². The first kappa shape index (κ1) is 17.2. The lowest BCUT2D eigenvalue weighted by atomic mass is 9.84. The minimum atomic E-state index is -0.422. The number of likely N-dealkylation sites (tertiary alicyclic amines) is 1. The maximum Gasteiger partial charge on any atom is 0.261 e. The summed E-state index contributed by atoms with van der Waals surface area (Å²) >= 11 is 0. The summed E-state index contributed by atoms with van der Waals surface area (Å²) in [6.45, 7) is 2.55. The average Bonchev–Trinajstić information content (AvgIpc) is 2.92. The Balaban J connectivity index is 1.54. The second-order valence-corrected chi connectivity index (χ2v) is 7.11. The van der Waals surface area contributed by atoms with Gasteiger partial charge in [0.05, 0.1) is 5.92 Å². The number of H-pyrrole nitrogens is 1. The van der Waals surface area contributed by atoms with E-state index < -0.39 is 5.56 Å². The third kappa shape index (κ3) is 3.05. The maximum atomic E-state index is 12.8. The zero-order valence-corrected chi connectivity index (χ0v) is 14.8. The van der Waals surface area contributed by atoms with Gasteiger partial charge in [-0.15, -0.1) is 0 Å². The van der Waals surface area contributed by atoms with Crippen LogP contribution in [0.4, 0.5) is 0 Å². The average molecular weight is 365 g/mol. The van der Waals surface area contributed by atoms with Gasteiger partial charge >= 0.3 is 0 Å². The van der Waals surface area contributed by atoms with Gasteiger partial charge in [-0.25, -0.2) is 0 Å². The van der Waals surface area contributed by atoms with E-state index in [2.05, 4.69) is 10.3 Å². The van der Waals surface area contributed by atoms with Crippen molar-refractivity contribution < 1.29 is 14.4 Å². The first-order valence-electron chi connectivity index (χ1n) is 8.86. The van der Waals surface area contributed by atoms with Gasteiger partial charge in [-0.3, -0.25) is 24.5 Å². The fourth-order valence-electron chi connectivity index (χ4n) is 3.76. The number of aryl methyl sites for hydroxylation is 1. The molecule has 4 rings (SSSR count). The van der Waals surface area contributed by atoms with Gasteiger partial charge in [-0.2, -0.15) is 0 Å². The number of nitrogens with zero attached hydrogens (tertiary/aromatic N) is 1. The Hall–Kier alpha value is -3.22. The molecule has 2 aromatic rings. The highest BCUT2D eigenvalue weighted by Gasteiger charge is 2.44. The van der Waals surface area contributed by atoms with Crippen LogP contribution in [0.5, 0.6) is 0 Å². The number of carbonyl (C=O) groups is 3. The number of aromatic amines is 1. The molecule has 27 heavy (non-hydrogen) atoms. The summed E-state index contributed by atoms with van der Waals surface area (Å²) in [4.78, 5) is 52.5. The highest BCUT2D eigenvalue weighted by molar-refractivity contribution is 6.04. The van der Waals surface area contributed by atoms with Crippen LogP contribution in [0.2, 0.25) is 0 Å². The Morgan fingerprint density at radius 1 is 1.11 bits per heavy atom. The van der Waals surface area contributed by atoms with Gasteiger partial charge in [-0.05, 0) is 18.6 Å². The van der Waals surface area contributed by atoms with Gasteiger partial charge in [0, 0.05) is 36.7 Å². The highest BCUT2D eigenvalue weighted by Crippen LogP contribution is 2.30. The summed E-state index contributed by atoms with van der Waals surface area (Å²) in [7, 11) is 0. The molecule has 1 aromatic heterocycles. The second kappa shape index (κ2) is 6.50. The van der Waals surface area contributed by atoms with E-state index in [1.54, 1.807) is 17.9 Å². The summed E-state index contributed by atoms with van der Waals surface area (Å²) in [6, 6.07) is 11.2. The number of pyridine rings is 1. The van der Waals surface area contributed by atoms with E-state index in [0.717, 1.165) is 11.1 Å². The molecule has 3 heterocycles. The molecule has 3 amide bonds. The Labute approximate surface area is 155 Å². The van der Waals surface area contributed by atoms with Crippen molar-refractivity contribution in [3.63, 3.8) is 0 Å². The van der Waals surface area contributed by atoms with Gasteiger partial charge in [-0.1, -0.05) is 30.3 Å². The van der Waals surface area contributed by atoms with Gasteiger partial charge in [0.15, 0.2) is 0 Å². The highest BCUT2D eigenvalue weighted by atomic mass is 16.2. The summed E-state index contributed by atoms with van der Waals surface area (Å²) in [5, 5.41) is 2.30. The van der Waals surface area contributed by atoms with Crippen LogP contribution in [0, 0.1) is 18.8 Å². The molecule has 7 nitrogen and oxygen atoms in total. The largest absolute Gasteiger partial charge is 0.338 e. The smallest absolute Gasteiger partial charge is 0.261 e. The molecule has 1 unspecified atom stereocenters. The topological polar surface area (TPSA) is 99.3 Å². The normalized spacial score (nSPS) is 19.7. The molecule has 1 atom stereocenters. The Morgan fingerprint density at radius 2 is 1.81 bits per heavy atom. The molecule has 2 fully saturated rings. The molecule has 0 spiro atoms. The number of benzene rings is 1. The fourth-order valence-corrected chi connectivity index (χ4v) is 3.76. The van der Waals surface area contributed by atoms with Crippen LogP contribution in [0.3, 0.4) is 0 Å². The van der Waals surface area contributed by atoms with E-state index in [1.165, 1.54) is 0 Å². The van der Waals surface area contributed by atoms with Gasteiger partial charge < -0.3 is 9.88 Å². The lowest BCUT2D eigenvalue weighted by molar-refractivity contribution is -0.127. The van der Waals surface area contributed by atoms with Crippen LogP contribution in [0.1, 0.15) is 22.5 Å². The molecule has 0 aliphatic carbocycles. The van der Waals surface area contributed by atoms with Crippen molar-refractivity contribution in [2.75, 3.05) is 13.1 Å². The summed E-state index contributed by atoms with van der Waals surface area (Å²) in [5.74, 6) is -1.31. The zero-order chi connectivity index (χ0) is 19.1. The summed E-state index contributed by atoms with van der Waals surface area (Å²) in [6.07, 6.45) is 0.175. The molecule has 2 aliphatic rings. The molecule has 2 N–H and O–H groups in total. The Morgan fingerprint density at radius 3 is 2.44 bits per heavy atom. The quantitative estimate of drug-likeness (QED) is 0.795. The first-order valence-corrected chi connectivity index (χ1v) is 8.86. The molecule has 2 saturated heterocycles. The van der Waals surface area contributed by atoms with Gasteiger partial charge in [0.25, 0.3) is 11.5 Å². The molecule has 2 aliphatic heterocycles. The first-order chi connectivity index (χ1) is 12.9. The Kier molecular flexibility index (Phi) is 4.14. The Bertz CT molecular complexity index is 990. The van der Waals surface area contributed by atoms with Crippen molar-refractivity contribution >= 4 is 17.7 Å². The van der Waals surface area contributed by atoms with E-state index in [4.69, 9.17) is 0 Å². The van der Waals surface area contributed by atoms with Gasteiger partial charge in [0.1, 0.15) is 5.56 Å². The van der Waals surface area contributed by atoms with Crippen LogP contribution in [0.15, 0.2) is 41.2 Å². The number of aromatic nitrogens is 1. The van der Waals surface area contributed by atoms with Crippen molar-refractivity contribution in [1.29, 1.82) is 0 Å². The van der Waals surface area contributed by atoms with Crippen molar-refractivity contribution in [1.82, 2.24) is 15.2 Å². The number of hydrogen-bond donors (Lipinski definition) is 2. The number of hydrogen-bond acceptors (Lipinski definition) is 4. The van der Waals surface area contributed by atoms with Crippen LogP contribution in [-0.4, -0.2) is 40.7 Å². The molecule has 0 radical (unpaired) electrons. The number of amides is 3. The van der Waals surface area contributed by atoms with Crippen LogP contribution in [0.25, 0.3) is 11.1 Å². The maximum absolute atomic E-state index is 12.8. The summed E-state index contributed by atoms with van der Waals surface area (Å²) in [5.41, 5.74) is 2.09. The monoisotopic (exact) mass is 365 g/mol. The lowest BCUT2D eigenvalue weighted by Crippen LogP contribution is -2.54. The number of imide groups is 1.